The molecule has 4 nitrogen and oxygen atoms in total. The number of amidine groups is 1. The molecule has 19 heavy (non-hydrogen) atoms. The van der Waals surface area contributed by atoms with Crippen LogP contribution in [0.25, 0.3) is 0 Å². The van der Waals surface area contributed by atoms with Crippen LogP contribution in [-0.4, -0.2) is 31.8 Å². The van der Waals surface area contributed by atoms with Crippen molar-refractivity contribution in [2.45, 2.75) is 12.6 Å². The lowest BCUT2D eigenvalue weighted by Gasteiger charge is -2.09. The minimum atomic E-state index is -4.19. The summed E-state index contributed by atoms with van der Waals surface area (Å²) in [6, 6.07) is 6.52. The molecular formula is C12H15F3N2O2. The molecule has 0 aromatic heterocycles. The van der Waals surface area contributed by atoms with Crippen LogP contribution < -0.4 is 10.5 Å². The summed E-state index contributed by atoms with van der Waals surface area (Å²) in [5.41, 5.74) is 5.86. The summed E-state index contributed by atoms with van der Waals surface area (Å²) < 4.78 is 45.4. The predicted octanol–water partition coefficient (Wildman–Crippen LogP) is 2.32. The third-order valence-electron chi connectivity index (χ3n) is 2.19. The molecule has 0 aliphatic rings. The Morgan fingerprint density at radius 2 is 1.74 bits per heavy atom. The van der Waals surface area contributed by atoms with Crippen molar-refractivity contribution in [1.29, 1.82) is 5.41 Å². The highest BCUT2D eigenvalue weighted by Crippen LogP contribution is 2.18. The fourth-order valence-corrected chi connectivity index (χ4v) is 1.24. The predicted molar refractivity (Wildman–Crippen MR) is 64.4 cm³/mol. The number of ether oxygens (including phenoxy) is 2. The van der Waals surface area contributed by atoms with Crippen LogP contribution in [0.1, 0.15) is 12.0 Å². The van der Waals surface area contributed by atoms with Gasteiger partial charge in [0, 0.05) is 5.56 Å². The lowest BCUT2D eigenvalue weighted by atomic mass is 10.2. The van der Waals surface area contributed by atoms with Crippen molar-refractivity contribution < 1.29 is 22.6 Å². The Bertz CT molecular complexity index is 404. The zero-order chi connectivity index (χ0) is 14.3. The lowest BCUT2D eigenvalue weighted by molar-refractivity contribution is -0.145. The Balaban J connectivity index is 2.17. The third-order valence-corrected chi connectivity index (χ3v) is 2.19. The smallest absolute Gasteiger partial charge is 0.391 e. The van der Waals surface area contributed by atoms with E-state index in [1.54, 1.807) is 24.3 Å². The van der Waals surface area contributed by atoms with Crippen molar-refractivity contribution in [2.24, 2.45) is 5.73 Å². The SMILES string of the molecule is N=C(N)c1ccc(OCCOCCC(F)(F)F)cc1. The topological polar surface area (TPSA) is 68.3 Å². The number of hydrogen-bond donors (Lipinski definition) is 2. The van der Waals surface area contributed by atoms with Crippen LogP contribution in [-0.2, 0) is 4.74 Å². The molecule has 0 fully saturated rings. The first-order valence-corrected chi connectivity index (χ1v) is 5.60. The summed E-state index contributed by atoms with van der Waals surface area (Å²) in [6.07, 6.45) is -5.15. The zero-order valence-electron chi connectivity index (χ0n) is 10.2. The number of rotatable bonds is 7. The molecule has 0 saturated carbocycles. The van der Waals surface area contributed by atoms with E-state index in [0.717, 1.165) is 0 Å². The van der Waals surface area contributed by atoms with Gasteiger partial charge in [-0.25, -0.2) is 0 Å². The summed E-state index contributed by atoms with van der Waals surface area (Å²) in [7, 11) is 0. The molecule has 0 aliphatic heterocycles. The van der Waals surface area contributed by atoms with Crippen molar-refractivity contribution in [3.63, 3.8) is 0 Å². The van der Waals surface area contributed by atoms with Gasteiger partial charge in [-0.2, -0.15) is 13.2 Å². The fourth-order valence-electron chi connectivity index (χ4n) is 1.24. The fraction of sp³-hybridized carbons (Fsp3) is 0.417. The standard InChI is InChI=1S/C12H15F3N2O2/c13-12(14,15)5-6-18-7-8-19-10-3-1-9(2-4-10)11(16)17/h1-4H,5-8H2,(H3,16,17). The van der Waals surface area contributed by atoms with E-state index in [1.807, 2.05) is 0 Å². The Kier molecular flexibility index (Phi) is 5.62. The number of alkyl halides is 3. The van der Waals surface area contributed by atoms with Gasteiger partial charge >= 0.3 is 6.18 Å². The minimum absolute atomic E-state index is 0.0398. The molecule has 106 valence electrons. The van der Waals surface area contributed by atoms with Gasteiger partial charge in [0.2, 0.25) is 0 Å². The van der Waals surface area contributed by atoms with E-state index >= 15 is 0 Å². The molecule has 0 radical (unpaired) electrons. The van der Waals surface area contributed by atoms with Gasteiger partial charge in [-0.05, 0) is 24.3 Å². The molecule has 1 aromatic carbocycles. The lowest BCUT2D eigenvalue weighted by Crippen LogP contribution is -2.14. The second kappa shape index (κ2) is 6.98. The first kappa shape index (κ1) is 15.3. The average Bonchev–Trinajstić information content (AvgIpc) is 2.33. The van der Waals surface area contributed by atoms with Crippen LogP contribution in [0.2, 0.25) is 0 Å². The molecule has 0 saturated heterocycles. The van der Waals surface area contributed by atoms with Gasteiger partial charge in [-0.15, -0.1) is 0 Å². The largest absolute Gasteiger partial charge is 0.491 e. The number of benzene rings is 1. The molecular weight excluding hydrogens is 261 g/mol. The van der Waals surface area contributed by atoms with Gasteiger partial charge in [0.25, 0.3) is 0 Å². The highest BCUT2D eigenvalue weighted by atomic mass is 19.4. The number of nitrogens with one attached hydrogen (secondary N) is 1. The molecule has 0 spiro atoms. The molecule has 0 unspecified atom stereocenters. The second-order valence-corrected chi connectivity index (χ2v) is 3.76. The molecule has 7 heteroatoms. The molecule has 0 aliphatic carbocycles. The number of halogens is 3. The van der Waals surface area contributed by atoms with Gasteiger partial charge < -0.3 is 15.2 Å². The molecule has 0 heterocycles. The van der Waals surface area contributed by atoms with Gasteiger partial charge in [0.05, 0.1) is 19.6 Å². The number of nitrogen functional groups attached to an aromatic ring is 1. The first-order chi connectivity index (χ1) is 8.88. The van der Waals surface area contributed by atoms with Gasteiger partial charge in [0.1, 0.15) is 18.2 Å². The summed E-state index contributed by atoms with van der Waals surface area (Å²) in [5, 5.41) is 7.20. The van der Waals surface area contributed by atoms with Crippen molar-refractivity contribution in [1.82, 2.24) is 0 Å². The summed E-state index contributed by atoms with van der Waals surface area (Å²) in [5.74, 6) is 0.506. The normalized spacial score (nSPS) is 11.3. The maximum Gasteiger partial charge on any atom is 0.391 e. The molecule has 3 N–H and O–H groups in total. The highest BCUT2D eigenvalue weighted by molar-refractivity contribution is 5.94. The van der Waals surface area contributed by atoms with Crippen LogP contribution in [0.15, 0.2) is 24.3 Å². The monoisotopic (exact) mass is 276 g/mol. The summed E-state index contributed by atoms with van der Waals surface area (Å²) in [6.45, 7) is -0.113. The zero-order valence-corrected chi connectivity index (χ0v) is 10.2. The van der Waals surface area contributed by atoms with E-state index in [-0.39, 0.29) is 25.7 Å². The Morgan fingerprint density at radius 1 is 1.11 bits per heavy atom. The van der Waals surface area contributed by atoms with E-state index < -0.39 is 12.6 Å². The van der Waals surface area contributed by atoms with E-state index in [0.29, 0.717) is 11.3 Å². The third kappa shape index (κ3) is 6.66. The highest BCUT2D eigenvalue weighted by Gasteiger charge is 2.26. The number of hydrogen-bond acceptors (Lipinski definition) is 3. The maximum absolute atomic E-state index is 11.8. The van der Waals surface area contributed by atoms with E-state index in [1.165, 1.54) is 0 Å². The minimum Gasteiger partial charge on any atom is -0.491 e. The molecule has 1 rings (SSSR count). The van der Waals surface area contributed by atoms with Crippen molar-refractivity contribution in [3.05, 3.63) is 29.8 Å². The van der Waals surface area contributed by atoms with E-state index in [9.17, 15) is 13.2 Å². The molecule has 1 aromatic rings. The van der Waals surface area contributed by atoms with Crippen LogP contribution in [0.3, 0.4) is 0 Å². The molecule has 0 atom stereocenters. The van der Waals surface area contributed by atoms with Gasteiger partial charge in [0.15, 0.2) is 0 Å². The van der Waals surface area contributed by atoms with Gasteiger partial charge in [-0.3, -0.25) is 5.41 Å². The average molecular weight is 276 g/mol. The summed E-state index contributed by atoms with van der Waals surface area (Å²) in [4.78, 5) is 0. The van der Waals surface area contributed by atoms with Gasteiger partial charge in [-0.1, -0.05) is 0 Å². The van der Waals surface area contributed by atoms with E-state index in [4.69, 9.17) is 20.6 Å². The molecule has 0 bridgehead atoms. The van der Waals surface area contributed by atoms with Crippen LogP contribution in [0.4, 0.5) is 13.2 Å². The van der Waals surface area contributed by atoms with Crippen LogP contribution in [0.5, 0.6) is 5.75 Å². The quantitative estimate of drug-likeness (QED) is 0.456. The second-order valence-electron chi connectivity index (χ2n) is 3.76. The number of nitrogens with two attached hydrogens (primary N) is 1. The van der Waals surface area contributed by atoms with Crippen molar-refractivity contribution in [3.8, 4) is 5.75 Å². The Labute approximate surface area is 108 Å². The summed E-state index contributed by atoms with van der Waals surface area (Å²) >= 11 is 0. The Morgan fingerprint density at radius 3 is 2.26 bits per heavy atom. The Hall–Kier alpha value is -1.76. The molecule has 0 amide bonds. The maximum atomic E-state index is 11.8. The van der Waals surface area contributed by atoms with Crippen molar-refractivity contribution >= 4 is 5.84 Å². The van der Waals surface area contributed by atoms with Crippen molar-refractivity contribution in [2.75, 3.05) is 19.8 Å². The van der Waals surface area contributed by atoms with E-state index in [2.05, 4.69) is 0 Å². The first-order valence-electron chi connectivity index (χ1n) is 5.60. The van der Waals surface area contributed by atoms with Crippen LogP contribution in [0, 0.1) is 5.41 Å². The van der Waals surface area contributed by atoms with Crippen LogP contribution >= 0.6 is 0 Å².